The fraction of sp³-hybridized carbons (Fsp3) is 0.143. The molecule has 0 spiro atoms. The van der Waals surface area contributed by atoms with Crippen LogP contribution in [0.25, 0.3) is 0 Å². The van der Waals surface area contributed by atoms with Gasteiger partial charge >= 0.3 is 5.97 Å². The van der Waals surface area contributed by atoms with Gasteiger partial charge in [-0.2, -0.15) is 0 Å². The fourth-order valence-corrected chi connectivity index (χ4v) is 4.09. The third kappa shape index (κ3) is 5.72. The molecule has 1 heterocycles. The molecular formula is C28H23Cl2N3O5. The Morgan fingerprint density at radius 2 is 1.58 bits per heavy atom. The van der Waals surface area contributed by atoms with E-state index in [1.165, 1.54) is 12.1 Å². The highest BCUT2D eigenvalue weighted by molar-refractivity contribution is 6.53. The van der Waals surface area contributed by atoms with Crippen molar-refractivity contribution in [1.82, 2.24) is 0 Å². The Bertz CT molecular complexity index is 1480. The van der Waals surface area contributed by atoms with Gasteiger partial charge in [-0.05, 0) is 80.9 Å². The molecule has 0 aromatic heterocycles. The number of hydrogen-bond acceptors (Lipinski definition) is 6. The van der Waals surface area contributed by atoms with E-state index in [1.54, 1.807) is 75.4 Å². The Morgan fingerprint density at radius 1 is 0.868 bits per heavy atom. The van der Waals surface area contributed by atoms with Crippen LogP contribution in [-0.2, 0) is 14.3 Å². The summed E-state index contributed by atoms with van der Waals surface area (Å²) in [6.07, 6.45) is -0.264. The topological polar surface area (TPSA) is 105 Å². The van der Waals surface area contributed by atoms with Crippen LogP contribution in [0.15, 0.2) is 77.5 Å². The lowest BCUT2D eigenvalue weighted by molar-refractivity contribution is -0.120. The van der Waals surface area contributed by atoms with Crippen LogP contribution in [0.2, 0.25) is 5.02 Å². The molecule has 194 valence electrons. The van der Waals surface area contributed by atoms with Gasteiger partial charge in [0.25, 0.3) is 17.7 Å². The first-order chi connectivity index (χ1) is 18.0. The maximum absolute atomic E-state index is 13.1. The lowest BCUT2D eigenvalue weighted by Gasteiger charge is -2.17. The van der Waals surface area contributed by atoms with Crippen molar-refractivity contribution in [2.24, 2.45) is 0 Å². The number of anilines is 3. The van der Waals surface area contributed by atoms with Gasteiger partial charge in [0.1, 0.15) is 10.7 Å². The summed E-state index contributed by atoms with van der Waals surface area (Å²) in [4.78, 5) is 51.7. The number of aryl methyl sites for hydroxylation is 1. The predicted octanol–water partition coefficient (Wildman–Crippen LogP) is 5.90. The van der Waals surface area contributed by atoms with Gasteiger partial charge in [-0.15, -0.1) is 0 Å². The smallest absolute Gasteiger partial charge is 0.338 e. The van der Waals surface area contributed by atoms with E-state index in [2.05, 4.69) is 10.6 Å². The second-order valence-electron chi connectivity index (χ2n) is 8.76. The first-order valence-corrected chi connectivity index (χ1v) is 12.3. The predicted molar refractivity (Wildman–Crippen MR) is 147 cm³/mol. The Kier molecular flexibility index (Phi) is 7.85. The molecule has 0 unspecified atom stereocenters. The van der Waals surface area contributed by atoms with Crippen molar-refractivity contribution in [1.29, 1.82) is 0 Å². The van der Waals surface area contributed by atoms with E-state index in [9.17, 15) is 19.2 Å². The third-order valence-corrected chi connectivity index (χ3v) is 6.14. The van der Waals surface area contributed by atoms with Crippen LogP contribution in [-0.4, -0.2) is 29.8 Å². The monoisotopic (exact) mass is 551 g/mol. The summed E-state index contributed by atoms with van der Waals surface area (Å²) >= 11 is 12.3. The van der Waals surface area contributed by atoms with E-state index in [0.29, 0.717) is 38.8 Å². The second kappa shape index (κ2) is 11.1. The summed E-state index contributed by atoms with van der Waals surface area (Å²) in [5.41, 5.74) is 2.46. The summed E-state index contributed by atoms with van der Waals surface area (Å²) < 4.78 is 5.19. The van der Waals surface area contributed by atoms with Crippen molar-refractivity contribution in [2.75, 3.05) is 15.5 Å². The van der Waals surface area contributed by atoms with Gasteiger partial charge in [-0.1, -0.05) is 35.3 Å². The van der Waals surface area contributed by atoms with Gasteiger partial charge in [0, 0.05) is 22.0 Å². The largest absolute Gasteiger partial charge is 0.459 e. The Balaban J connectivity index is 1.46. The molecule has 3 aromatic rings. The fourth-order valence-electron chi connectivity index (χ4n) is 3.71. The summed E-state index contributed by atoms with van der Waals surface area (Å²) in [6, 6.07) is 17.6. The first-order valence-electron chi connectivity index (χ1n) is 11.6. The zero-order valence-electron chi connectivity index (χ0n) is 20.7. The van der Waals surface area contributed by atoms with Crippen molar-refractivity contribution in [3.63, 3.8) is 0 Å². The van der Waals surface area contributed by atoms with Crippen LogP contribution in [0.3, 0.4) is 0 Å². The van der Waals surface area contributed by atoms with Crippen molar-refractivity contribution < 1.29 is 23.9 Å². The highest BCUT2D eigenvalue weighted by Crippen LogP contribution is 2.33. The Hall–Kier alpha value is -4.14. The van der Waals surface area contributed by atoms with Crippen LogP contribution in [0.5, 0.6) is 0 Å². The van der Waals surface area contributed by atoms with Gasteiger partial charge in [0.2, 0.25) is 0 Å². The maximum Gasteiger partial charge on any atom is 0.338 e. The van der Waals surface area contributed by atoms with Gasteiger partial charge < -0.3 is 15.4 Å². The summed E-state index contributed by atoms with van der Waals surface area (Å²) in [6.45, 7) is 5.26. The number of imide groups is 1. The number of hydrogen-bond donors (Lipinski definition) is 2. The number of halogens is 2. The molecule has 2 N–H and O–H groups in total. The summed E-state index contributed by atoms with van der Waals surface area (Å²) in [5, 5.41) is 5.73. The number of esters is 1. The molecule has 0 saturated heterocycles. The lowest BCUT2D eigenvalue weighted by atomic mass is 10.1. The minimum Gasteiger partial charge on any atom is -0.459 e. The molecule has 0 radical (unpaired) electrons. The number of nitrogens with one attached hydrogen (secondary N) is 2. The molecule has 8 nitrogen and oxygen atoms in total. The zero-order chi connectivity index (χ0) is 27.6. The van der Waals surface area contributed by atoms with Gasteiger partial charge in [-0.25, -0.2) is 9.69 Å². The van der Waals surface area contributed by atoms with E-state index in [-0.39, 0.29) is 16.8 Å². The molecule has 4 rings (SSSR count). The Labute approximate surface area is 229 Å². The van der Waals surface area contributed by atoms with E-state index >= 15 is 0 Å². The highest BCUT2D eigenvalue weighted by Gasteiger charge is 2.39. The third-order valence-electron chi connectivity index (χ3n) is 5.55. The summed E-state index contributed by atoms with van der Waals surface area (Å²) in [5.74, 6) is -2.18. The van der Waals surface area contributed by atoms with Crippen molar-refractivity contribution in [3.8, 4) is 0 Å². The average molecular weight is 552 g/mol. The number of ether oxygens (including phenoxy) is 1. The Morgan fingerprint density at radius 3 is 2.26 bits per heavy atom. The number of nitrogens with zero attached hydrogens (tertiary/aromatic N) is 1. The van der Waals surface area contributed by atoms with E-state index < -0.39 is 23.7 Å². The van der Waals surface area contributed by atoms with Crippen LogP contribution in [0.4, 0.5) is 17.1 Å². The SMILES string of the molecule is Cc1ccc(Cl)cc1N1C(=O)C(Cl)=C(Nc2ccc(C(=O)Nc3cccc(C(=O)OC(C)C)c3)cc2)C1=O. The number of carbonyl (C=O) groups excluding carboxylic acids is 4. The highest BCUT2D eigenvalue weighted by atomic mass is 35.5. The molecule has 1 aliphatic rings. The summed E-state index contributed by atoms with van der Waals surface area (Å²) in [7, 11) is 0. The van der Waals surface area contributed by atoms with E-state index in [1.807, 2.05) is 0 Å². The molecule has 1 aliphatic heterocycles. The first kappa shape index (κ1) is 26.9. The molecule has 38 heavy (non-hydrogen) atoms. The van der Waals surface area contributed by atoms with Gasteiger partial charge in [-0.3, -0.25) is 14.4 Å². The molecule has 0 saturated carbocycles. The maximum atomic E-state index is 13.1. The quantitative estimate of drug-likeness (QED) is 0.279. The van der Waals surface area contributed by atoms with Crippen LogP contribution in [0, 0.1) is 6.92 Å². The van der Waals surface area contributed by atoms with E-state index in [4.69, 9.17) is 27.9 Å². The molecule has 0 bridgehead atoms. The molecule has 3 amide bonds. The lowest BCUT2D eigenvalue weighted by Crippen LogP contribution is -2.32. The zero-order valence-corrected chi connectivity index (χ0v) is 22.2. The molecule has 10 heteroatoms. The second-order valence-corrected chi connectivity index (χ2v) is 9.57. The normalized spacial score (nSPS) is 13.3. The number of carbonyl (C=O) groups is 4. The van der Waals surface area contributed by atoms with E-state index in [0.717, 1.165) is 4.90 Å². The number of benzene rings is 3. The molecule has 0 atom stereocenters. The minimum atomic E-state index is -0.667. The van der Waals surface area contributed by atoms with Crippen LogP contribution >= 0.6 is 23.2 Å². The van der Waals surface area contributed by atoms with Crippen molar-refractivity contribution in [2.45, 2.75) is 26.9 Å². The van der Waals surface area contributed by atoms with Crippen LogP contribution < -0.4 is 15.5 Å². The average Bonchev–Trinajstić information content (AvgIpc) is 3.08. The van der Waals surface area contributed by atoms with Crippen LogP contribution in [0.1, 0.15) is 40.1 Å². The standard InChI is InChI=1S/C28H23Cl2N3O5/c1-15(2)38-28(37)18-5-4-6-21(13-18)32-25(34)17-8-11-20(12-9-17)31-24-23(30)26(35)33(27(24)36)22-14-19(29)10-7-16(22)3/h4-15,31H,1-3H3,(H,32,34). The molecule has 3 aromatic carbocycles. The number of rotatable bonds is 7. The molecule has 0 fully saturated rings. The van der Waals surface area contributed by atoms with Gasteiger partial charge in [0.05, 0.1) is 17.4 Å². The minimum absolute atomic E-state index is 0.0849. The van der Waals surface area contributed by atoms with Crippen molar-refractivity contribution >= 4 is 64.0 Å². The van der Waals surface area contributed by atoms with Crippen molar-refractivity contribution in [3.05, 3.63) is 99.2 Å². The molecule has 0 aliphatic carbocycles. The van der Waals surface area contributed by atoms with Gasteiger partial charge in [0.15, 0.2) is 0 Å². The molecular weight excluding hydrogens is 529 g/mol. The number of amides is 3.